The predicted molar refractivity (Wildman–Crippen MR) is 78.1 cm³/mol. The second-order valence-corrected chi connectivity index (χ2v) is 5.01. The van der Waals surface area contributed by atoms with Crippen LogP contribution in [0.2, 0.25) is 0 Å². The van der Waals surface area contributed by atoms with Gasteiger partial charge in [0.25, 0.3) is 0 Å². The van der Waals surface area contributed by atoms with E-state index in [2.05, 4.69) is 4.98 Å². The Hall–Kier alpha value is -1.94. The Balaban J connectivity index is 2.19. The third kappa shape index (κ3) is 3.33. The molecule has 2 rings (SSSR count). The number of pyridine rings is 1. The molecule has 0 aliphatic heterocycles. The van der Waals surface area contributed by atoms with Crippen molar-refractivity contribution in [2.24, 2.45) is 0 Å². The highest BCUT2D eigenvalue weighted by molar-refractivity contribution is 5.49. The van der Waals surface area contributed by atoms with Crippen molar-refractivity contribution in [1.29, 1.82) is 0 Å². The third-order valence-corrected chi connectivity index (χ3v) is 3.21. The smallest absolute Gasteiger partial charge is 0.146 e. The molecule has 0 aliphatic carbocycles. The minimum absolute atomic E-state index is 0.335. The number of halogens is 1. The molecule has 4 heteroatoms. The molecule has 0 radical (unpaired) electrons. The van der Waals surface area contributed by atoms with Gasteiger partial charge in [-0.2, -0.15) is 0 Å². The van der Waals surface area contributed by atoms with Gasteiger partial charge in [0, 0.05) is 12.7 Å². The molecule has 0 spiro atoms. The Kier molecular flexibility index (Phi) is 4.35. The van der Waals surface area contributed by atoms with Crippen LogP contribution in [-0.2, 0) is 6.54 Å². The van der Waals surface area contributed by atoms with E-state index >= 15 is 0 Å². The first-order chi connectivity index (χ1) is 9.47. The number of benzene rings is 1. The highest BCUT2D eigenvalue weighted by Gasteiger charge is 2.11. The molecule has 3 nitrogen and oxygen atoms in total. The molecule has 0 saturated carbocycles. The molecule has 0 unspecified atom stereocenters. The van der Waals surface area contributed by atoms with Crippen LogP contribution in [0.1, 0.15) is 30.0 Å². The maximum Gasteiger partial charge on any atom is 0.146 e. The van der Waals surface area contributed by atoms with Crippen LogP contribution in [0.4, 0.5) is 10.1 Å². The average Bonchev–Trinajstić information content (AvgIpc) is 2.38. The molecule has 0 bridgehead atoms. The minimum Gasteiger partial charge on any atom is -0.389 e. The second kappa shape index (κ2) is 6.01. The molecular formula is C16H19FN2O. The van der Waals surface area contributed by atoms with E-state index in [9.17, 15) is 9.50 Å². The van der Waals surface area contributed by atoms with Crippen molar-refractivity contribution < 1.29 is 9.50 Å². The van der Waals surface area contributed by atoms with E-state index in [1.807, 2.05) is 37.1 Å². The first-order valence-corrected chi connectivity index (χ1v) is 6.58. The largest absolute Gasteiger partial charge is 0.389 e. The van der Waals surface area contributed by atoms with Crippen LogP contribution in [0, 0.1) is 12.7 Å². The van der Waals surface area contributed by atoms with Gasteiger partial charge in [-0.1, -0.05) is 12.1 Å². The zero-order chi connectivity index (χ0) is 14.7. The maximum atomic E-state index is 14.1. The average molecular weight is 274 g/mol. The molecule has 0 aliphatic rings. The fourth-order valence-corrected chi connectivity index (χ4v) is 2.11. The fourth-order valence-electron chi connectivity index (χ4n) is 2.11. The lowest BCUT2D eigenvalue weighted by molar-refractivity contribution is 0.199. The van der Waals surface area contributed by atoms with Crippen LogP contribution in [0.3, 0.4) is 0 Å². The first kappa shape index (κ1) is 14.5. The van der Waals surface area contributed by atoms with Crippen LogP contribution in [0.5, 0.6) is 0 Å². The summed E-state index contributed by atoms with van der Waals surface area (Å²) >= 11 is 0. The number of nitrogens with zero attached hydrogens (tertiary/aromatic N) is 2. The maximum absolute atomic E-state index is 14.1. The van der Waals surface area contributed by atoms with Crippen molar-refractivity contribution in [3.05, 3.63) is 59.2 Å². The molecule has 106 valence electrons. The van der Waals surface area contributed by atoms with Crippen molar-refractivity contribution in [2.75, 3.05) is 11.9 Å². The van der Waals surface area contributed by atoms with Crippen molar-refractivity contribution in [3.63, 3.8) is 0 Å². The number of aliphatic hydroxyl groups excluding tert-OH is 1. The molecule has 1 aromatic carbocycles. The van der Waals surface area contributed by atoms with Crippen LogP contribution >= 0.6 is 0 Å². The highest BCUT2D eigenvalue weighted by atomic mass is 19.1. The summed E-state index contributed by atoms with van der Waals surface area (Å²) in [5.74, 6) is -0.335. The van der Waals surface area contributed by atoms with Crippen molar-refractivity contribution in [2.45, 2.75) is 26.5 Å². The molecular weight excluding hydrogens is 255 g/mol. The quantitative estimate of drug-likeness (QED) is 0.930. The van der Waals surface area contributed by atoms with Gasteiger partial charge >= 0.3 is 0 Å². The Bertz CT molecular complexity index is 599. The fraction of sp³-hybridized carbons (Fsp3) is 0.312. The van der Waals surface area contributed by atoms with E-state index in [0.29, 0.717) is 17.8 Å². The van der Waals surface area contributed by atoms with Crippen LogP contribution < -0.4 is 4.90 Å². The summed E-state index contributed by atoms with van der Waals surface area (Å²) in [6, 6.07) is 10.6. The number of hydrogen-bond donors (Lipinski definition) is 1. The number of hydrogen-bond acceptors (Lipinski definition) is 3. The normalized spacial score (nSPS) is 12.2. The van der Waals surface area contributed by atoms with Crippen LogP contribution in [-0.4, -0.2) is 17.1 Å². The molecule has 0 amide bonds. The van der Waals surface area contributed by atoms with E-state index in [0.717, 1.165) is 11.4 Å². The summed E-state index contributed by atoms with van der Waals surface area (Å²) in [6.07, 6.45) is -0.665. The zero-order valence-corrected chi connectivity index (χ0v) is 12.0. The molecule has 1 N–H and O–H groups in total. The SMILES string of the molecule is Cc1cccc(CN(C)c2ccc([C@H](C)O)cc2F)n1. The third-order valence-electron chi connectivity index (χ3n) is 3.21. The molecule has 1 heterocycles. The summed E-state index contributed by atoms with van der Waals surface area (Å²) in [4.78, 5) is 6.22. The first-order valence-electron chi connectivity index (χ1n) is 6.58. The number of aryl methyl sites for hydroxylation is 1. The number of aliphatic hydroxyl groups is 1. The second-order valence-electron chi connectivity index (χ2n) is 5.01. The number of anilines is 1. The summed E-state index contributed by atoms with van der Waals surface area (Å²) in [6.45, 7) is 4.09. The zero-order valence-electron chi connectivity index (χ0n) is 12.0. The van der Waals surface area contributed by atoms with Gasteiger partial charge in [-0.05, 0) is 43.7 Å². The standard InChI is InChI=1S/C16H19FN2O/c1-11-5-4-6-14(18-11)10-19(3)16-8-7-13(12(2)20)9-15(16)17/h4-9,12,20H,10H2,1-3H3/t12-/m0/s1. The van der Waals surface area contributed by atoms with Crippen molar-refractivity contribution >= 4 is 5.69 Å². The Labute approximate surface area is 118 Å². The molecule has 1 atom stereocenters. The lowest BCUT2D eigenvalue weighted by atomic mass is 10.1. The van der Waals surface area contributed by atoms with Gasteiger partial charge in [0.15, 0.2) is 0 Å². The van der Waals surface area contributed by atoms with E-state index in [-0.39, 0.29) is 5.82 Å². The van der Waals surface area contributed by atoms with Gasteiger partial charge in [0.1, 0.15) is 5.82 Å². The van der Waals surface area contributed by atoms with Gasteiger partial charge in [-0.25, -0.2) is 4.39 Å². The summed E-state index contributed by atoms with van der Waals surface area (Å²) in [5, 5.41) is 9.45. The molecule has 20 heavy (non-hydrogen) atoms. The van der Waals surface area contributed by atoms with E-state index in [1.165, 1.54) is 6.07 Å². The molecule has 1 aromatic heterocycles. The monoisotopic (exact) mass is 274 g/mol. The van der Waals surface area contributed by atoms with Gasteiger partial charge in [-0.3, -0.25) is 4.98 Å². The minimum atomic E-state index is -0.665. The van der Waals surface area contributed by atoms with Gasteiger partial charge in [0.2, 0.25) is 0 Å². The van der Waals surface area contributed by atoms with E-state index in [1.54, 1.807) is 19.1 Å². The number of aromatic nitrogens is 1. The summed E-state index contributed by atoms with van der Waals surface area (Å²) < 4.78 is 14.1. The van der Waals surface area contributed by atoms with E-state index in [4.69, 9.17) is 0 Å². The van der Waals surface area contributed by atoms with Gasteiger partial charge < -0.3 is 10.0 Å². The Morgan fingerprint density at radius 1 is 1.30 bits per heavy atom. The lowest BCUT2D eigenvalue weighted by Gasteiger charge is -2.20. The van der Waals surface area contributed by atoms with Crippen molar-refractivity contribution in [3.8, 4) is 0 Å². The molecule has 0 saturated heterocycles. The lowest BCUT2D eigenvalue weighted by Crippen LogP contribution is -2.18. The van der Waals surface area contributed by atoms with E-state index < -0.39 is 6.10 Å². The molecule has 2 aromatic rings. The highest BCUT2D eigenvalue weighted by Crippen LogP contribution is 2.23. The molecule has 0 fully saturated rings. The van der Waals surface area contributed by atoms with Crippen molar-refractivity contribution in [1.82, 2.24) is 4.98 Å². The summed E-state index contributed by atoms with van der Waals surface area (Å²) in [5.41, 5.74) is 2.92. The van der Waals surface area contributed by atoms with Crippen LogP contribution in [0.25, 0.3) is 0 Å². The van der Waals surface area contributed by atoms with Crippen LogP contribution in [0.15, 0.2) is 36.4 Å². The van der Waals surface area contributed by atoms with Gasteiger partial charge in [-0.15, -0.1) is 0 Å². The Morgan fingerprint density at radius 2 is 2.05 bits per heavy atom. The number of rotatable bonds is 4. The Morgan fingerprint density at radius 3 is 2.65 bits per heavy atom. The predicted octanol–water partition coefficient (Wildman–Crippen LogP) is 3.22. The summed E-state index contributed by atoms with van der Waals surface area (Å²) in [7, 11) is 1.82. The van der Waals surface area contributed by atoms with Gasteiger partial charge in [0.05, 0.1) is 24.0 Å². The topological polar surface area (TPSA) is 36.4 Å².